The predicted molar refractivity (Wildman–Crippen MR) is 95.1 cm³/mol. The average molecular weight is 296 g/mol. The lowest BCUT2D eigenvalue weighted by atomic mass is 10.1. The highest BCUT2D eigenvalue weighted by molar-refractivity contribution is 5.68. The van der Waals surface area contributed by atoms with E-state index in [1.54, 1.807) is 0 Å². The van der Waals surface area contributed by atoms with Gasteiger partial charge in [-0.25, -0.2) is 0 Å². The number of hydrazine groups is 1. The number of anilines is 1. The second kappa shape index (κ2) is 5.90. The third-order valence-electron chi connectivity index (χ3n) is 3.90. The van der Waals surface area contributed by atoms with Crippen molar-refractivity contribution in [2.75, 3.05) is 5.01 Å². The molecule has 110 valence electrons. The number of nitrogens with one attached hydrogen (secondary N) is 1. The van der Waals surface area contributed by atoms with Gasteiger partial charge in [-0.1, -0.05) is 72.6 Å². The van der Waals surface area contributed by atoms with Crippen LogP contribution in [0.25, 0.3) is 0 Å². The Morgan fingerprint density at radius 2 is 1.78 bits per heavy atom. The van der Waals surface area contributed by atoms with Crippen molar-refractivity contribution in [2.45, 2.75) is 6.42 Å². The third-order valence-corrected chi connectivity index (χ3v) is 3.90. The fourth-order valence-electron chi connectivity index (χ4n) is 2.76. The van der Waals surface area contributed by atoms with Crippen LogP contribution in [0, 0.1) is 11.8 Å². The van der Waals surface area contributed by atoms with Gasteiger partial charge >= 0.3 is 0 Å². The van der Waals surface area contributed by atoms with Crippen molar-refractivity contribution in [1.82, 2.24) is 5.43 Å². The fraction of sp³-hybridized carbons (Fsp3) is 0.0476. The smallest absolute Gasteiger partial charge is 0.0874 e. The Kier molecular flexibility index (Phi) is 3.46. The molecule has 2 heteroatoms. The molecule has 3 aliphatic rings. The summed E-state index contributed by atoms with van der Waals surface area (Å²) in [4.78, 5) is 0. The molecule has 0 atom stereocenters. The highest BCUT2D eigenvalue weighted by Crippen LogP contribution is 2.30. The zero-order chi connectivity index (χ0) is 15.5. The number of allylic oxidation sites excluding steroid dienone is 10. The first-order valence-corrected chi connectivity index (χ1v) is 7.70. The monoisotopic (exact) mass is 296 g/mol. The van der Waals surface area contributed by atoms with E-state index < -0.39 is 0 Å². The van der Waals surface area contributed by atoms with Crippen LogP contribution >= 0.6 is 0 Å². The Labute approximate surface area is 136 Å². The van der Waals surface area contributed by atoms with Crippen molar-refractivity contribution in [3.05, 3.63) is 101 Å². The summed E-state index contributed by atoms with van der Waals surface area (Å²) in [6.07, 6.45) is 17.5. The van der Waals surface area contributed by atoms with Crippen LogP contribution in [-0.4, -0.2) is 0 Å². The number of benzene rings is 1. The molecule has 1 aromatic carbocycles. The van der Waals surface area contributed by atoms with E-state index >= 15 is 0 Å². The van der Waals surface area contributed by atoms with Crippen LogP contribution in [0.15, 0.2) is 101 Å². The van der Waals surface area contributed by atoms with Gasteiger partial charge in [0.25, 0.3) is 0 Å². The quantitative estimate of drug-likeness (QED) is 0.783. The summed E-state index contributed by atoms with van der Waals surface area (Å²) >= 11 is 0. The van der Waals surface area contributed by atoms with Crippen molar-refractivity contribution in [1.29, 1.82) is 0 Å². The Balaban J connectivity index is 1.71. The molecule has 0 amide bonds. The molecular weight excluding hydrogens is 280 g/mol. The van der Waals surface area contributed by atoms with Crippen LogP contribution in [0.1, 0.15) is 6.42 Å². The zero-order valence-corrected chi connectivity index (χ0v) is 12.7. The van der Waals surface area contributed by atoms with Gasteiger partial charge in [0.2, 0.25) is 0 Å². The Hall–Kier alpha value is -3.18. The Morgan fingerprint density at radius 3 is 2.52 bits per heavy atom. The van der Waals surface area contributed by atoms with Gasteiger partial charge in [0.05, 0.1) is 17.0 Å². The van der Waals surface area contributed by atoms with Gasteiger partial charge in [-0.05, 0) is 18.6 Å². The highest BCUT2D eigenvalue weighted by atomic mass is 15.5. The molecule has 0 unspecified atom stereocenters. The summed E-state index contributed by atoms with van der Waals surface area (Å²) < 4.78 is 0. The normalized spacial score (nSPS) is 18.0. The molecule has 1 aromatic rings. The molecule has 1 N–H and O–H groups in total. The van der Waals surface area contributed by atoms with Crippen molar-refractivity contribution in [2.24, 2.45) is 0 Å². The van der Waals surface area contributed by atoms with Gasteiger partial charge in [-0.15, -0.1) is 0 Å². The standard InChI is InChI=1S/C21H16N2/c1-2-12-20(13-3-1)23-21(18-10-6-7-11-18)19(16-22-23)15-14-17-8-4-5-9-17/h1-8,10-13,16,22H,9H2. The van der Waals surface area contributed by atoms with Crippen molar-refractivity contribution in [3.8, 4) is 11.8 Å². The van der Waals surface area contributed by atoms with E-state index in [1.165, 1.54) is 0 Å². The minimum absolute atomic E-state index is 0.932. The molecule has 1 heterocycles. The van der Waals surface area contributed by atoms with E-state index in [0.29, 0.717) is 0 Å². The van der Waals surface area contributed by atoms with Crippen LogP contribution in [0.3, 0.4) is 0 Å². The largest absolute Gasteiger partial charge is 0.300 e. The zero-order valence-electron chi connectivity index (χ0n) is 12.7. The predicted octanol–water partition coefficient (Wildman–Crippen LogP) is 4.16. The van der Waals surface area contributed by atoms with Crippen LogP contribution in [0.2, 0.25) is 0 Å². The summed E-state index contributed by atoms with van der Waals surface area (Å²) in [5, 5.41) is 2.08. The lowest BCUT2D eigenvalue weighted by molar-refractivity contribution is 0.888. The van der Waals surface area contributed by atoms with Gasteiger partial charge in [0, 0.05) is 17.3 Å². The van der Waals surface area contributed by atoms with Gasteiger partial charge in [-0.2, -0.15) is 0 Å². The molecular formula is C21H16N2. The van der Waals surface area contributed by atoms with Crippen LogP contribution < -0.4 is 10.4 Å². The van der Waals surface area contributed by atoms with Crippen molar-refractivity contribution >= 4 is 5.69 Å². The van der Waals surface area contributed by atoms with Crippen LogP contribution in [0.4, 0.5) is 5.69 Å². The lowest BCUT2D eigenvalue weighted by Gasteiger charge is -2.22. The van der Waals surface area contributed by atoms with E-state index in [2.05, 4.69) is 76.9 Å². The second-order valence-electron chi connectivity index (χ2n) is 5.45. The second-order valence-corrected chi connectivity index (χ2v) is 5.45. The van der Waals surface area contributed by atoms with Gasteiger partial charge in [0.15, 0.2) is 0 Å². The van der Waals surface area contributed by atoms with Crippen molar-refractivity contribution < 1.29 is 0 Å². The first kappa shape index (κ1) is 13.5. The molecule has 4 rings (SSSR count). The van der Waals surface area contributed by atoms with E-state index in [-0.39, 0.29) is 0 Å². The summed E-state index contributed by atoms with van der Waals surface area (Å²) in [5.41, 5.74) is 8.86. The van der Waals surface area contributed by atoms with Gasteiger partial charge in [-0.3, -0.25) is 10.4 Å². The highest BCUT2D eigenvalue weighted by Gasteiger charge is 2.23. The SMILES string of the molecule is C(#CC1=CNN(c2ccccc2)C1=C1C=CC=C1)C1=CC=CC1. The minimum atomic E-state index is 0.932. The fourth-order valence-corrected chi connectivity index (χ4v) is 2.76. The Bertz CT molecular complexity index is 851. The molecule has 0 fully saturated rings. The molecule has 0 aromatic heterocycles. The molecule has 0 saturated carbocycles. The summed E-state index contributed by atoms with van der Waals surface area (Å²) in [6.45, 7) is 0. The van der Waals surface area contributed by atoms with Crippen molar-refractivity contribution in [3.63, 3.8) is 0 Å². The topological polar surface area (TPSA) is 15.3 Å². The Morgan fingerprint density at radius 1 is 0.957 bits per heavy atom. The maximum absolute atomic E-state index is 3.33. The number of para-hydroxylation sites is 1. The third kappa shape index (κ3) is 2.65. The number of hydrogen-bond donors (Lipinski definition) is 1. The van der Waals surface area contributed by atoms with Gasteiger partial charge < -0.3 is 0 Å². The molecule has 23 heavy (non-hydrogen) atoms. The maximum atomic E-state index is 3.33. The first-order valence-electron chi connectivity index (χ1n) is 7.70. The van der Waals surface area contributed by atoms with Crippen LogP contribution in [-0.2, 0) is 0 Å². The van der Waals surface area contributed by atoms with E-state index in [0.717, 1.165) is 34.5 Å². The minimum Gasteiger partial charge on any atom is -0.300 e. The number of nitrogens with zero attached hydrogens (tertiary/aromatic N) is 1. The molecule has 2 aliphatic carbocycles. The number of hydrogen-bond acceptors (Lipinski definition) is 2. The van der Waals surface area contributed by atoms with Gasteiger partial charge in [0.1, 0.15) is 0 Å². The summed E-state index contributed by atoms with van der Waals surface area (Å²) in [6, 6.07) is 10.3. The van der Waals surface area contributed by atoms with E-state index in [9.17, 15) is 0 Å². The molecule has 0 spiro atoms. The first-order chi connectivity index (χ1) is 11.4. The molecule has 1 aliphatic heterocycles. The summed E-state index contributed by atoms with van der Waals surface area (Å²) in [5.74, 6) is 6.60. The number of rotatable bonds is 1. The molecule has 0 radical (unpaired) electrons. The maximum Gasteiger partial charge on any atom is 0.0874 e. The molecule has 0 bridgehead atoms. The molecule has 0 saturated heterocycles. The van der Waals surface area contributed by atoms with E-state index in [1.807, 2.05) is 24.4 Å². The lowest BCUT2D eigenvalue weighted by Crippen LogP contribution is -2.29. The summed E-state index contributed by atoms with van der Waals surface area (Å²) in [7, 11) is 0. The van der Waals surface area contributed by atoms with E-state index in [4.69, 9.17) is 0 Å². The van der Waals surface area contributed by atoms with Crippen LogP contribution in [0.5, 0.6) is 0 Å². The average Bonchev–Trinajstić information content (AvgIpc) is 3.34. The molecule has 2 nitrogen and oxygen atoms in total.